The number of carboxylic acids is 1. The van der Waals surface area contributed by atoms with Gasteiger partial charge >= 0.3 is 5.97 Å². The summed E-state index contributed by atoms with van der Waals surface area (Å²) in [6.07, 6.45) is 13.6. The summed E-state index contributed by atoms with van der Waals surface area (Å²) in [4.78, 5) is 25.2. The Morgan fingerprint density at radius 2 is 1.74 bits per heavy atom. The molecule has 2 heterocycles. The Morgan fingerprint density at radius 1 is 1.07 bits per heavy atom. The molecule has 0 bridgehead atoms. The van der Waals surface area contributed by atoms with E-state index in [1.165, 1.54) is 37.5 Å². The second kappa shape index (κ2) is 11.3. The lowest BCUT2D eigenvalue weighted by atomic mass is 10.1. The molecule has 1 aliphatic rings. The first kappa shape index (κ1) is 20.8. The van der Waals surface area contributed by atoms with Crippen molar-refractivity contribution in [1.82, 2.24) is 10.3 Å². The molecule has 0 spiro atoms. The van der Waals surface area contributed by atoms with Crippen molar-refractivity contribution in [3.63, 3.8) is 0 Å². The molecule has 0 saturated carbocycles. The van der Waals surface area contributed by atoms with Gasteiger partial charge < -0.3 is 20.1 Å². The van der Waals surface area contributed by atoms with Gasteiger partial charge in [0.1, 0.15) is 5.76 Å². The van der Waals surface area contributed by atoms with Gasteiger partial charge in [-0.2, -0.15) is 0 Å². The van der Waals surface area contributed by atoms with E-state index in [0.29, 0.717) is 17.9 Å². The van der Waals surface area contributed by atoms with E-state index in [4.69, 9.17) is 9.84 Å². The molecule has 0 aliphatic carbocycles. The van der Waals surface area contributed by atoms with Crippen LogP contribution in [0.5, 0.6) is 0 Å². The van der Waals surface area contributed by atoms with Crippen LogP contribution < -0.4 is 5.32 Å². The normalized spacial score (nSPS) is 15.1. The number of ether oxygens (including phenoxy) is 1. The van der Waals surface area contributed by atoms with Crippen molar-refractivity contribution in [2.75, 3.05) is 7.11 Å². The number of aliphatic carboxylic acids is 1. The molecule has 0 radical (unpaired) electrons. The fourth-order valence-corrected chi connectivity index (χ4v) is 3.20. The number of carbonyl (C=O) groups is 2. The lowest BCUT2D eigenvalue weighted by Crippen LogP contribution is -2.13. The van der Waals surface area contributed by atoms with E-state index < -0.39 is 5.97 Å². The fourth-order valence-electron chi connectivity index (χ4n) is 3.20. The minimum absolute atomic E-state index is 0.160. The molecule has 3 N–H and O–H groups in total. The fraction of sp³-hybridized carbons (Fsp3) is 0.524. The van der Waals surface area contributed by atoms with Crippen LogP contribution >= 0.6 is 0 Å². The SMILES string of the molecule is COC1=CC(=O)N/C1=C\c1ccc(CCCCCCCCCCC(=O)O)[nH]1. The molecule has 6 heteroatoms. The van der Waals surface area contributed by atoms with E-state index in [1.54, 1.807) is 7.11 Å². The molecule has 6 nitrogen and oxygen atoms in total. The van der Waals surface area contributed by atoms with Crippen LogP contribution in [0.2, 0.25) is 0 Å². The first-order chi connectivity index (χ1) is 13.1. The zero-order valence-corrected chi connectivity index (χ0v) is 16.1. The Bertz CT molecular complexity index is 688. The summed E-state index contributed by atoms with van der Waals surface area (Å²) in [5.74, 6) is -0.298. The van der Waals surface area contributed by atoms with Crippen LogP contribution in [-0.4, -0.2) is 29.1 Å². The number of unbranched alkanes of at least 4 members (excludes halogenated alkanes) is 7. The van der Waals surface area contributed by atoms with Gasteiger partial charge in [0.25, 0.3) is 5.91 Å². The number of hydrogen-bond acceptors (Lipinski definition) is 3. The summed E-state index contributed by atoms with van der Waals surface area (Å²) in [5.41, 5.74) is 2.83. The predicted octanol–water partition coefficient (Wildman–Crippen LogP) is 4.15. The van der Waals surface area contributed by atoms with E-state index in [2.05, 4.69) is 16.4 Å². The monoisotopic (exact) mass is 374 g/mol. The molecule has 0 aromatic carbocycles. The Morgan fingerprint density at radius 3 is 2.41 bits per heavy atom. The van der Waals surface area contributed by atoms with Crippen molar-refractivity contribution < 1.29 is 19.4 Å². The molecule has 0 saturated heterocycles. The van der Waals surface area contributed by atoms with Crippen LogP contribution in [0.25, 0.3) is 6.08 Å². The Kier molecular flexibility index (Phi) is 8.68. The number of hydrogen-bond donors (Lipinski definition) is 3. The third kappa shape index (κ3) is 7.72. The molecule has 2 rings (SSSR count). The van der Waals surface area contributed by atoms with Gasteiger partial charge in [-0.05, 0) is 37.5 Å². The van der Waals surface area contributed by atoms with E-state index >= 15 is 0 Å². The molecule has 1 aromatic rings. The zero-order chi connectivity index (χ0) is 19.5. The number of rotatable bonds is 13. The largest absolute Gasteiger partial charge is 0.494 e. The summed E-state index contributed by atoms with van der Waals surface area (Å²) < 4.78 is 5.19. The summed E-state index contributed by atoms with van der Waals surface area (Å²) >= 11 is 0. The Balaban J connectivity index is 1.58. The lowest BCUT2D eigenvalue weighted by Gasteiger charge is -2.03. The van der Waals surface area contributed by atoms with E-state index in [-0.39, 0.29) is 5.91 Å². The topological polar surface area (TPSA) is 91.4 Å². The molecule has 0 atom stereocenters. The minimum atomic E-state index is -0.692. The molecular formula is C21H30N2O4. The first-order valence-electron chi connectivity index (χ1n) is 9.77. The number of carbonyl (C=O) groups excluding carboxylic acids is 1. The molecule has 27 heavy (non-hydrogen) atoms. The standard InChI is InChI=1S/C21H30N2O4/c1-27-19-15-20(24)23-18(19)14-17-13-12-16(22-17)10-8-6-4-2-3-5-7-9-11-21(25)26/h12-15,22H,2-11H2,1H3,(H,23,24)(H,25,26)/b18-14-. The maximum Gasteiger partial charge on any atom is 0.303 e. The first-order valence-corrected chi connectivity index (χ1v) is 9.77. The molecule has 148 valence electrons. The molecule has 0 fully saturated rings. The number of carboxylic acid groups (broad SMARTS) is 1. The number of aromatic nitrogens is 1. The number of amides is 1. The van der Waals surface area contributed by atoms with Crippen LogP contribution in [0.4, 0.5) is 0 Å². The second-order valence-corrected chi connectivity index (χ2v) is 6.92. The summed E-state index contributed by atoms with van der Waals surface area (Å²) in [6.45, 7) is 0. The molecule has 1 aromatic heterocycles. The van der Waals surface area contributed by atoms with Crippen molar-refractivity contribution >= 4 is 18.0 Å². The minimum Gasteiger partial charge on any atom is -0.494 e. The van der Waals surface area contributed by atoms with Crippen molar-refractivity contribution in [1.29, 1.82) is 0 Å². The van der Waals surface area contributed by atoms with Crippen molar-refractivity contribution in [2.24, 2.45) is 0 Å². The van der Waals surface area contributed by atoms with Crippen LogP contribution in [0, 0.1) is 0 Å². The molecule has 1 aliphatic heterocycles. The van der Waals surface area contributed by atoms with Gasteiger partial charge in [-0.15, -0.1) is 0 Å². The smallest absolute Gasteiger partial charge is 0.303 e. The Hall–Kier alpha value is -2.50. The third-order valence-electron chi connectivity index (χ3n) is 4.66. The summed E-state index contributed by atoms with van der Waals surface area (Å²) in [5, 5.41) is 11.3. The van der Waals surface area contributed by atoms with Gasteiger partial charge in [-0.25, -0.2) is 0 Å². The van der Waals surface area contributed by atoms with E-state index in [9.17, 15) is 9.59 Å². The summed E-state index contributed by atoms with van der Waals surface area (Å²) in [7, 11) is 1.55. The predicted molar refractivity (Wildman–Crippen MR) is 105 cm³/mol. The Labute approximate surface area is 160 Å². The lowest BCUT2D eigenvalue weighted by molar-refractivity contribution is -0.137. The van der Waals surface area contributed by atoms with Gasteiger partial charge in [0.05, 0.1) is 12.8 Å². The number of H-pyrrole nitrogens is 1. The van der Waals surface area contributed by atoms with Crippen molar-refractivity contribution in [2.45, 2.75) is 64.2 Å². The van der Waals surface area contributed by atoms with Gasteiger partial charge in [0, 0.05) is 23.9 Å². The maximum atomic E-state index is 11.4. The van der Waals surface area contributed by atoms with E-state index in [1.807, 2.05) is 12.1 Å². The quantitative estimate of drug-likeness (QED) is 0.452. The average Bonchev–Trinajstić information content (AvgIpc) is 3.22. The average molecular weight is 374 g/mol. The van der Waals surface area contributed by atoms with Gasteiger partial charge in [-0.1, -0.05) is 38.5 Å². The van der Waals surface area contributed by atoms with Crippen LogP contribution in [-0.2, 0) is 20.7 Å². The zero-order valence-electron chi connectivity index (χ0n) is 16.1. The van der Waals surface area contributed by atoms with Crippen LogP contribution in [0.3, 0.4) is 0 Å². The second-order valence-electron chi connectivity index (χ2n) is 6.92. The highest BCUT2D eigenvalue weighted by Crippen LogP contribution is 2.18. The van der Waals surface area contributed by atoms with Gasteiger partial charge in [-0.3, -0.25) is 9.59 Å². The molecule has 1 amide bonds. The summed E-state index contributed by atoms with van der Waals surface area (Å²) in [6, 6.07) is 4.10. The number of aromatic amines is 1. The van der Waals surface area contributed by atoms with Crippen LogP contribution in [0.15, 0.2) is 29.7 Å². The van der Waals surface area contributed by atoms with Crippen LogP contribution in [0.1, 0.15) is 69.2 Å². The third-order valence-corrected chi connectivity index (χ3v) is 4.66. The highest BCUT2D eigenvalue weighted by molar-refractivity contribution is 5.95. The molecular weight excluding hydrogens is 344 g/mol. The number of methoxy groups -OCH3 is 1. The van der Waals surface area contributed by atoms with Crippen molar-refractivity contribution in [3.8, 4) is 0 Å². The molecule has 0 unspecified atom stereocenters. The highest BCUT2D eigenvalue weighted by atomic mass is 16.5. The highest BCUT2D eigenvalue weighted by Gasteiger charge is 2.17. The van der Waals surface area contributed by atoms with Crippen molar-refractivity contribution in [3.05, 3.63) is 41.1 Å². The van der Waals surface area contributed by atoms with Gasteiger partial charge in [0.2, 0.25) is 0 Å². The number of aryl methyl sites for hydroxylation is 1. The van der Waals surface area contributed by atoms with Gasteiger partial charge in [0.15, 0.2) is 0 Å². The maximum absolute atomic E-state index is 11.4. The number of nitrogens with one attached hydrogen (secondary N) is 2. The van der Waals surface area contributed by atoms with E-state index in [0.717, 1.165) is 37.8 Å².